The molecule has 0 aliphatic carbocycles. The van der Waals surface area contributed by atoms with E-state index in [9.17, 15) is 0 Å². The lowest BCUT2D eigenvalue weighted by molar-refractivity contribution is 1.18. The fourth-order valence-electron chi connectivity index (χ4n) is 7.29. The summed E-state index contributed by atoms with van der Waals surface area (Å²) in [5.41, 5.74) is 14.7. The zero-order valence-corrected chi connectivity index (χ0v) is 28.6. The zero-order valence-electron chi connectivity index (χ0n) is 28.6. The van der Waals surface area contributed by atoms with Crippen LogP contribution in [0.3, 0.4) is 0 Å². The Morgan fingerprint density at radius 2 is 0.906 bits per heavy atom. The van der Waals surface area contributed by atoms with Crippen molar-refractivity contribution in [2.24, 2.45) is 0 Å². The predicted octanol–water partition coefficient (Wildman–Crippen LogP) is 11.8. The number of hydrogen-bond donors (Lipinski definition) is 0. The van der Waals surface area contributed by atoms with Crippen molar-refractivity contribution in [2.75, 3.05) is 0 Å². The minimum atomic E-state index is 0.677. The van der Waals surface area contributed by atoms with E-state index in [1.54, 1.807) is 0 Å². The van der Waals surface area contributed by atoms with Crippen LogP contribution in [0.4, 0.5) is 0 Å². The smallest absolute Gasteiger partial charge is 0.160 e. The number of rotatable bonds is 6. The van der Waals surface area contributed by atoms with Crippen molar-refractivity contribution in [2.45, 2.75) is 0 Å². The predicted molar refractivity (Wildman–Crippen MR) is 216 cm³/mol. The van der Waals surface area contributed by atoms with E-state index in [-0.39, 0.29) is 0 Å². The number of para-hydroxylation sites is 1. The van der Waals surface area contributed by atoms with E-state index in [1.807, 2.05) is 48.5 Å². The lowest BCUT2D eigenvalue weighted by Crippen LogP contribution is -2.01. The van der Waals surface area contributed by atoms with E-state index in [0.29, 0.717) is 5.82 Å². The van der Waals surface area contributed by atoms with Crippen LogP contribution >= 0.6 is 0 Å². The molecule has 0 atom stereocenters. The molecule has 5 heteroatoms. The van der Waals surface area contributed by atoms with Gasteiger partial charge in [0, 0.05) is 39.4 Å². The van der Waals surface area contributed by atoms with Crippen LogP contribution in [0.25, 0.3) is 95.0 Å². The Hall–Kier alpha value is -7.24. The van der Waals surface area contributed by atoms with Gasteiger partial charge in [0.05, 0.1) is 28.1 Å². The molecule has 4 heterocycles. The molecule has 248 valence electrons. The van der Waals surface area contributed by atoms with Crippen molar-refractivity contribution in [1.82, 2.24) is 24.3 Å². The van der Waals surface area contributed by atoms with Crippen LogP contribution in [0.15, 0.2) is 188 Å². The third-order valence-electron chi connectivity index (χ3n) is 9.82. The average Bonchev–Trinajstić information content (AvgIpc) is 3.64. The summed E-state index contributed by atoms with van der Waals surface area (Å²) < 4.78 is 2.14. The van der Waals surface area contributed by atoms with Gasteiger partial charge in [0.25, 0.3) is 0 Å². The number of imidazole rings is 1. The Morgan fingerprint density at radius 3 is 1.60 bits per heavy atom. The first kappa shape index (κ1) is 30.6. The number of pyridine rings is 2. The maximum absolute atomic E-state index is 5.36. The van der Waals surface area contributed by atoms with Gasteiger partial charge in [0.15, 0.2) is 5.82 Å². The van der Waals surface area contributed by atoms with Gasteiger partial charge in [-0.15, -0.1) is 0 Å². The van der Waals surface area contributed by atoms with Gasteiger partial charge in [0.2, 0.25) is 0 Å². The number of aromatic nitrogens is 5. The summed E-state index contributed by atoms with van der Waals surface area (Å²) in [6, 6.07) is 62.8. The molecular formula is C48H31N5. The van der Waals surface area contributed by atoms with E-state index in [4.69, 9.17) is 19.9 Å². The van der Waals surface area contributed by atoms with Crippen molar-refractivity contribution < 1.29 is 0 Å². The van der Waals surface area contributed by atoms with Gasteiger partial charge in [0.1, 0.15) is 11.2 Å². The van der Waals surface area contributed by atoms with Crippen molar-refractivity contribution in [1.29, 1.82) is 0 Å². The van der Waals surface area contributed by atoms with E-state index in [2.05, 4.69) is 144 Å². The highest BCUT2D eigenvalue weighted by atomic mass is 15.0. The van der Waals surface area contributed by atoms with Crippen molar-refractivity contribution in [3.05, 3.63) is 188 Å². The quantitative estimate of drug-likeness (QED) is 0.176. The highest BCUT2D eigenvalue weighted by Crippen LogP contribution is 2.41. The highest BCUT2D eigenvalue weighted by molar-refractivity contribution is 6.09. The molecule has 0 spiro atoms. The molecule has 0 radical (unpaired) electrons. The van der Waals surface area contributed by atoms with E-state index in [1.165, 1.54) is 0 Å². The zero-order chi connectivity index (χ0) is 35.1. The largest absolute Gasteiger partial charge is 0.298 e. The molecule has 0 saturated carbocycles. The maximum atomic E-state index is 5.36. The SMILES string of the molecule is c1ccc(-c2cccc(-c3nc(-c4ccccc4)c(-c4ccc(-c5nc6ccccc6c6nc7ccccn7c56)cc4)c(-c4ccccc4)n3)c2)cc1. The molecule has 0 bridgehead atoms. The Bertz CT molecular complexity index is 2860. The van der Waals surface area contributed by atoms with Crippen LogP contribution in [0, 0.1) is 0 Å². The Kier molecular flexibility index (Phi) is 7.40. The average molecular weight is 678 g/mol. The Labute approximate surface area is 306 Å². The molecule has 6 aromatic carbocycles. The van der Waals surface area contributed by atoms with Crippen molar-refractivity contribution in [3.8, 4) is 67.4 Å². The Morgan fingerprint density at radius 1 is 0.358 bits per heavy atom. The number of nitrogens with zero attached hydrogens (tertiary/aromatic N) is 5. The maximum Gasteiger partial charge on any atom is 0.160 e. The molecule has 0 unspecified atom stereocenters. The first-order valence-corrected chi connectivity index (χ1v) is 17.7. The summed E-state index contributed by atoms with van der Waals surface area (Å²) in [5.74, 6) is 0.677. The normalized spacial score (nSPS) is 11.4. The van der Waals surface area contributed by atoms with Crippen LogP contribution < -0.4 is 0 Å². The van der Waals surface area contributed by atoms with Crippen LogP contribution in [0.1, 0.15) is 0 Å². The molecular weight excluding hydrogens is 647 g/mol. The van der Waals surface area contributed by atoms with Gasteiger partial charge in [-0.2, -0.15) is 0 Å². The topological polar surface area (TPSA) is 56.0 Å². The van der Waals surface area contributed by atoms with E-state index >= 15 is 0 Å². The summed E-state index contributed by atoms with van der Waals surface area (Å²) in [4.78, 5) is 21.0. The fourth-order valence-corrected chi connectivity index (χ4v) is 7.29. The first-order valence-electron chi connectivity index (χ1n) is 17.7. The molecule has 0 aliphatic rings. The molecule has 5 nitrogen and oxygen atoms in total. The van der Waals surface area contributed by atoms with Crippen LogP contribution in [-0.4, -0.2) is 24.3 Å². The molecule has 0 N–H and O–H groups in total. The van der Waals surface area contributed by atoms with Gasteiger partial charge in [-0.1, -0.05) is 158 Å². The molecule has 4 aromatic heterocycles. The monoisotopic (exact) mass is 677 g/mol. The molecule has 10 aromatic rings. The highest BCUT2D eigenvalue weighted by Gasteiger charge is 2.22. The summed E-state index contributed by atoms with van der Waals surface area (Å²) in [6.07, 6.45) is 2.06. The van der Waals surface area contributed by atoms with Crippen molar-refractivity contribution >= 4 is 27.6 Å². The molecule has 0 aliphatic heterocycles. The third kappa shape index (κ3) is 5.43. The van der Waals surface area contributed by atoms with Crippen LogP contribution in [-0.2, 0) is 0 Å². The summed E-state index contributed by atoms with van der Waals surface area (Å²) in [6.45, 7) is 0. The fraction of sp³-hybridized carbons (Fsp3) is 0. The summed E-state index contributed by atoms with van der Waals surface area (Å²) >= 11 is 0. The lowest BCUT2D eigenvalue weighted by atomic mass is 9.93. The minimum Gasteiger partial charge on any atom is -0.298 e. The number of hydrogen-bond acceptors (Lipinski definition) is 4. The van der Waals surface area contributed by atoms with E-state index < -0.39 is 0 Å². The minimum absolute atomic E-state index is 0.677. The van der Waals surface area contributed by atoms with E-state index in [0.717, 1.165) is 89.2 Å². The molecule has 0 saturated heterocycles. The van der Waals surface area contributed by atoms with Gasteiger partial charge < -0.3 is 0 Å². The summed E-state index contributed by atoms with van der Waals surface area (Å²) in [7, 11) is 0. The van der Waals surface area contributed by atoms with Gasteiger partial charge in [-0.3, -0.25) is 4.40 Å². The second-order valence-electron chi connectivity index (χ2n) is 13.1. The number of benzene rings is 6. The van der Waals surface area contributed by atoms with Gasteiger partial charge in [-0.25, -0.2) is 19.9 Å². The van der Waals surface area contributed by atoms with Crippen LogP contribution in [0.5, 0.6) is 0 Å². The molecule has 53 heavy (non-hydrogen) atoms. The molecule has 0 amide bonds. The van der Waals surface area contributed by atoms with Gasteiger partial charge in [-0.05, 0) is 41.0 Å². The first-order chi connectivity index (χ1) is 26.3. The van der Waals surface area contributed by atoms with Crippen LogP contribution in [0.2, 0.25) is 0 Å². The Balaban J connectivity index is 1.18. The summed E-state index contributed by atoms with van der Waals surface area (Å²) in [5, 5.41) is 1.04. The second kappa shape index (κ2) is 12.8. The molecule has 10 rings (SSSR count). The van der Waals surface area contributed by atoms with Crippen molar-refractivity contribution in [3.63, 3.8) is 0 Å². The molecule has 0 fully saturated rings. The third-order valence-corrected chi connectivity index (χ3v) is 9.82. The number of fused-ring (bicyclic) bond motifs is 5. The van der Waals surface area contributed by atoms with Gasteiger partial charge >= 0.3 is 0 Å². The second-order valence-corrected chi connectivity index (χ2v) is 13.1. The standard InChI is InChI=1S/C48H31N5/c1-4-15-32(16-5-1)37-21-14-22-38(31-37)48-51-43(34-17-6-2-7-18-34)42(44(52-48)35-19-8-3-9-20-35)33-26-28-36(29-27-33)45-47-46(39-23-10-11-24-40(39)49-45)50-41-25-12-13-30-53(41)47/h1-31H. The lowest BCUT2D eigenvalue weighted by Gasteiger charge is -2.17.